The van der Waals surface area contributed by atoms with Gasteiger partial charge >= 0.3 is 0 Å². The van der Waals surface area contributed by atoms with Crippen molar-refractivity contribution >= 4 is 23.5 Å². The lowest BCUT2D eigenvalue weighted by Gasteiger charge is -2.59. The topological polar surface area (TPSA) is 221 Å². The molecule has 0 aromatic rings. The second-order valence-corrected chi connectivity index (χ2v) is 14.1. The van der Waals surface area contributed by atoms with Gasteiger partial charge in [-0.05, 0) is 63.2 Å². The second-order valence-electron chi connectivity index (χ2n) is 9.84. The summed E-state index contributed by atoms with van der Waals surface area (Å²) in [6.07, 6.45) is 2.33. The van der Waals surface area contributed by atoms with Crippen LogP contribution in [0.1, 0.15) is 45.4 Å². The number of phosphoric acid groups is 3. The number of ether oxygens (including phenoxy) is 1. The van der Waals surface area contributed by atoms with E-state index < -0.39 is 54.0 Å². The fourth-order valence-electron chi connectivity index (χ4n) is 6.58. The molecule has 0 spiro atoms. The Kier molecular flexibility index (Phi) is 6.48. The van der Waals surface area contributed by atoms with Crippen LogP contribution in [0.4, 0.5) is 0 Å². The van der Waals surface area contributed by atoms with Crippen LogP contribution < -0.4 is 19.6 Å². The summed E-state index contributed by atoms with van der Waals surface area (Å²) in [6, 6.07) is 0. The molecule has 1 heterocycles. The highest BCUT2D eigenvalue weighted by molar-refractivity contribution is 7.64. The summed E-state index contributed by atoms with van der Waals surface area (Å²) in [5.74, 6) is 1.57. The summed E-state index contributed by atoms with van der Waals surface area (Å²) in [5, 5.41) is 21.4. The van der Waals surface area contributed by atoms with Crippen molar-refractivity contribution in [2.24, 2.45) is 23.2 Å². The number of aliphatic hydroxyl groups excluding tert-OH is 2. The Labute approximate surface area is 184 Å². The van der Waals surface area contributed by atoms with E-state index in [1.807, 2.05) is 0 Å². The summed E-state index contributed by atoms with van der Waals surface area (Å²) in [4.78, 5) is 44.0. The highest BCUT2D eigenvalue weighted by Crippen LogP contribution is 2.64. The first-order valence-electron chi connectivity index (χ1n) is 10.3. The molecule has 186 valence electrons. The fraction of sp³-hybridized carbons (Fsp3) is 1.00. The molecule has 6 atom stereocenters. The second kappa shape index (κ2) is 8.17. The predicted octanol–water partition coefficient (Wildman–Crippen LogP) is -1.10. The van der Waals surface area contributed by atoms with Gasteiger partial charge in [-0.3, -0.25) is 13.4 Å². The maximum Gasteiger partial charge on any atom is 0.278 e. The third-order valence-corrected chi connectivity index (χ3v) is 10.9. The average Bonchev–Trinajstić information content (AvgIpc) is 2.81. The Balaban J connectivity index is 1.44. The number of aliphatic hydroxyl groups is 2. The summed E-state index contributed by atoms with van der Waals surface area (Å²) in [6.45, 7) is 0.374. The Morgan fingerprint density at radius 2 is 1.41 bits per heavy atom. The molecule has 13 nitrogen and oxygen atoms in total. The molecule has 1 aliphatic heterocycles. The largest absolute Gasteiger partial charge is 0.790 e. The molecular formula is C16H25O13P3-4. The van der Waals surface area contributed by atoms with Crippen LogP contribution in [-0.2, 0) is 31.6 Å². The number of phosphoric ester groups is 1. The lowest BCUT2D eigenvalue weighted by molar-refractivity contribution is -0.339. The molecule has 5 rings (SSSR count). The van der Waals surface area contributed by atoms with Gasteiger partial charge in [0.25, 0.3) is 15.6 Å². The van der Waals surface area contributed by atoms with Gasteiger partial charge in [-0.15, -0.1) is 0 Å². The van der Waals surface area contributed by atoms with Gasteiger partial charge in [-0.2, -0.15) is 0 Å². The Morgan fingerprint density at radius 1 is 0.906 bits per heavy atom. The van der Waals surface area contributed by atoms with E-state index in [9.17, 15) is 43.5 Å². The van der Waals surface area contributed by atoms with Crippen LogP contribution in [0, 0.1) is 23.2 Å². The molecule has 4 aliphatic carbocycles. The molecule has 2 N–H and O–H groups in total. The van der Waals surface area contributed by atoms with Crippen molar-refractivity contribution in [3.8, 4) is 0 Å². The Bertz CT molecular complexity index is 853. The molecule has 0 aromatic carbocycles. The Morgan fingerprint density at radius 3 is 1.88 bits per heavy atom. The van der Waals surface area contributed by atoms with Crippen LogP contribution >= 0.6 is 23.5 Å². The van der Waals surface area contributed by atoms with E-state index in [0.29, 0.717) is 17.8 Å². The van der Waals surface area contributed by atoms with E-state index >= 15 is 0 Å². The standard InChI is InChI=1S/C16H29O13P3/c1-15(8-26-31(22,23)29-32(24,25)28-30(19,20)21)13(18)12(17)14(27-15)16-5-9-2-10(6-16)4-11(3-9)7-16/h9-14,17-18H,2-8H2,1H3,(H,22,23)(H,24,25)(H2,19,20,21)/p-4. The zero-order chi connectivity index (χ0) is 23.7. The molecule has 1 saturated heterocycles. The van der Waals surface area contributed by atoms with Gasteiger partial charge in [0.05, 0.1) is 20.5 Å². The molecule has 5 aliphatic rings. The first kappa shape index (κ1) is 25.4. The summed E-state index contributed by atoms with van der Waals surface area (Å²) >= 11 is 0. The van der Waals surface area contributed by atoms with E-state index in [0.717, 1.165) is 38.5 Å². The number of hydrogen-bond donors (Lipinski definition) is 2. The molecular weight excluding hydrogens is 493 g/mol. The van der Waals surface area contributed by atoms with Crippen molar-refractivity contribution in [3.63, 3.8) is 0 Å². The first-order valence-corrected chi connectivity index (χ1v) is 14.7. The van der Waals surface area contributed by atoms with Crippen LogP contribution in [0.5, 0.6) is 0 Å². The van der Waals surface area contributed by atoms with E-state index in [2.05, 4.69) is 13.1 Å². The van der Waals surface area contributed by atoms with E-state index in [1.54, 1.807) is 0 Å². The minimum Gasteiger partial charge on any atom is -0.790 e. The predicted molar refractivity (Wildman–Crippen MR) is 96.8 cm³/mol. The summed E-state index contributed by atoms with van der Waals surface area (Å²) in [5.41, 5.74) is -2.07. The molecule has 0 radical (unpaired) electrons. The maximum absolute atomic E-state index is 11.9. The molecule has 4 saturated carbocycles. The van der Waals surface area contributed by atoms with Gasteiger partial charge < -0.3 is 43.6 Å². The molecule has 16 heteroatoms. The van der Waals surface area contributed by atoms with Crippen LogP contribution in [0.25, 0.3) is 0 Å². The Hall–Kier alpha value is 0.290. The van der Waals surface area contributed by atoms with E-state index in [1.165, 1.54) is 6.92 Å². The van der Waals surface area contributed by atoms with Crippen molar-refractivity contribution in [3.05, 3.63) is 0 Å². The zero-order valence-corrected chi connectivity index (χ0v) is 19.8. The number of rotatable bonds is 8. The third-order valence-electron chi connectivity index (χ3n) is 7.25. The zero-order valence-electron chi connectivity index (χ0n) is 17.1. The van der Waals surface area contributed by atoms with Crippen LogP contribution in [-0.4, -0.2) is 40.7 Å². The minimum atomic E-state index is -6.09. The van der Waals surface area contributed by atoms with Crippen molar-refractivity contribution in [1.82, 2.24) is 0 Å². The van der Waals surface area contributed by atoms with Crippen molar-refractivity contribution < 1.29 is 61.4 Å². The smallest absolute Gasteiger partial charge is 0.278 e. The number of hydrogen-bond acceptors (Lipinski definition) is 13. The lowest BCUT2D eigenvalue weighted by atomic mass is 9.48. The van der Waals surface area contributed by atoms with Gasteiger partial charge in [-0.25, -0.2) is 4.31 Å². The van der Waals surface area contributed by atoms with Crippen molar-refractivity contribution in [1.29, 1.82) is 0 Å². The van der Waals surface area contributed by atoms with Gasteiger partial charge in [-0.1, -0.05) is 0 Å². The van der Waals surface area contributed by atoms with Gasteiger partial charge in [0, 0.05) is 5.41 Å². The highest BCUT2D eigenvalue weighted by Gasteiger charge is 2.63. The molecule has 5 fully saturated rings. The van der Waals surface area contributed by atoms with E-state index in [4.69, 9.17) is 4.74 Å². The highest BCUT2D eigenvalue weighted by atomic mass is 31.3. The third kappa shape index (κ3) is 5.11. The van der Waals surface area contributed by atoms with Crippen molar-refractivity contribution in [2.45, 2.75) is 69.4 Å². The van der Waals surface area contributed by atoms with Gasteiger partial charge in [0.15, 0.2) is 0 Å². The van der Waals surface area contributed by atoms with Crippen LogP contribution in [0.3, 0.4) is 0 Å². The summed E-state index contributed by atoms with van der Waals surface area (Å²) < 4.78 is 50.7. The quantitative estimate of drug-likeness (QED) is 0.365. The summed E-state index contributed by atoms with van der Waals surface area (Å²) in [7, 11) is -17.9. The molecule has 32 heavy (non-hydrogen) atoms. The van der Waals surface area contributed by atoms with Crippen molar-refractivity contribution in [2.75, 3.05) is 6.61 Å². The van der Waals surface area contributed by atoms with Gasteiger partial charge in [0.2, 0.25) is 0 Å². The van der Waals surface area contributed by atoms with E-state index in [-0.39, 0.29) is 5.41 Å². The molecule has 6 unspecified atom stereocenters. The fourth-order valence-corrected chi connectivity index (χ4v) is 9.53. The lowest BCUT2D eigenvalue weighted by Crippen LogP contribution is -2.54. The van der Waals surface area contributed by atoms with Gasteiger partial charge in [0.1, 0.15) is 17.8 Å². The minimum absolute atomic E-state index is 0.341. The molecule has 0 amide bonds. The first-order chi connectivity index (χ1) is 14.5. The maximum atomic E-state index is 11.9. The molecule has 0 aromatic heterocycles. The van der Waals surface area contributed by atoms with Crippen LogP contribution in [0.2, 0.25) is 0 Å². The normalized spacial score (nSPS) is 47.3. The molecule has 4 bridgehead atoms. The van der Waals surface area contributed by atoms with Crippen LogP contribution in [0.15, 0.2) is 0 Å². The SMILES string of the molecule is CC1(COP(=O)([O-])OP(=O)([O-])OP(=O)([O-])[O-])OC(C23CC4CC(CC(C4)C2)C3)C(O)C1O. The average molecular weight is 518 g/mol. The monoisotopic (exact) mass is 518 g/mol.